The van der Waals surface area contributed by atoms with E-state index in [1.54, 1.807) is 6.20 Å². The van der Waals surface area contributed by atoms with Crippen LogP contribution in [0.15, 0.2) is 36.5 Å². The van der Waals surface area contributed by atoms with Gasteiger partial charge < -0.3 is 10.6 Å². The largest absolute Gasteiger partial charge is 0.337 e. The van der Waals surface area contributed by atoms with Crippen molar-refractivity contribution in [2.45, 2.75) is 45.7 Å². The zero-order valence-electron chi connectivity index (χ0n) is 16.7. The average Bonchev–Trinajstić information content (AvgIpc) is 3.11. The lowest BCUT2D eigenvalue weighted by Crippen LogP contribution is -2.45. The van der Waals surface area contributed by atoms with Crippen LogP contribution in [0.4, 0.5) is 0 Å². The number of piperidine rings is 1. The molecule has 0 spiro atoms. The predicted molar refractivity (Wildman–Crippen MR) is 111 cm³/mol. The third-order valence-electron chi connectivity index (χ3n) is 5.45. The van der Waals surface area contributed by atoms with E-state index in [0.717, 1.165) is 47.2 Å². The van der Waals surface area contributed by atoms with Crippen LogP contribution in [-0.4, -0.2) is 44.7 Å². The second kappa shape index (κ2) is 7.36. The molecule has 1 aliphatic rings. The van der Waals surface area contributed by atoms with E-state index in [1.807, 2.05) is 33.8 Å². The number of pyridine rings is 1. The van der Waals surface area contributed by atoms with Crippen molar-refractivity contribution in [2.24, 2.45) is 5.73 Å². The van der Waals surface area contributed by atoms with Crippen molar-refractivity contribution >= 4 is 16.9 Å². The van der Waals surface area contributed by atoms with Crippen molar-refractivity contribution in [3.63, 3.8) is 0 Å². The Kier molecular flexibility index (Phi) is 4.89. The lowest BCUT2D eigenvalue weighted by atomic mass is 10.0. The molecule has 28 heavy (non-hydrogen) atoms. The van der Waals surface area contributed by atoms with Gasteiger partial charge in [0.1, 0.15) is 0 Å². The van der Waals surface area contributed by atoms with Gasteiger partial charge in [-0.2, -0.15) is 5.10 Å². The molecule has 1 aromatic carbocycles. The number of nitrogens with zero attached hydrogens (tertiary/aromatic N) is 4. The van der Waals surface area contributed by atoms with E-state index in [2.05, 4.69) is 31.9 Å². The van der Waals surface area contributed by atoms with Gasteiger partial charge in [0.25, 0.3) is 5.91 Å². The highest BCUT2D eigenvalue weighted by Gasteiger charge is 2.26. The molecule has 6 nitrogen and oxygen atoms in total. The SMILES string of the molecule is Cc1ccccc1-c1cc(C(=O)N2CCCC(N)C2)c2cnn(C(C)C)c2n1. The molecule has 1 fully saturated rings. The van der Waals surface area contributed by atoms with Crippen molar-refractivity contribution in [1.29, 1.82) is 0 Å². The van der Waals surface area contributed by atoms with Gasteiger partial charge in [0.05, 0.1) is 22.8 Å². The molecule has 3 heterocycles. The Bertz CT molecular complexity index is 1020. The van der Waals surface area contributed by atoms with E-state index in [0.29, 0.717) is 12.1 Å². The molecule has 3 aromatic rings. The van der Waals surface area contributed by atoms with Crippen LogP contribution >= 0.6 is 0 Å². The summed E-state index contributed by atoms with van der Waals surface area (Å²) in [7, 11) is 0. The number of hydrogen-bond donors (Lipinski definition) is 1. The Hall–Kier alpha value is -2.73. The Morgan fingerprint density at radius 3 is 2.79 bits per heavy atom. The molecule has 4 rings (SSSR count). The van der Waals surface area contributed by atoms with E-state index in [4.69, 9.17) is 10.7 Å². The molecule has 0 aliphatic carbocycles. The van der Waals surface area contributed by atoms with Crippen molar-refractivity contribution < 1.29 is 4.79 Å². The second-order valence-corrected chi connectivity index (χ2v) is 7.94. The van der Waals surface area contributed by atoms with Gasteiger partial charge in [0.2, 0.25) is 0 Å². The van der Waals surface area contributed by atoms with Crippen LogP contribution in [0.2, 0.25) is 0 Å². The normalized spacial score (nSPS) is 17.5. The zero-order chi connectivity index (χ0) is 19.8. The summed E-state index contributed by atoms with van der Waals surface area (Å²) < 4.78 is 1.88. The van der Waals surface area contributed by atoms with E-state index in [-0.39, 0.29) is 18.0 Å². The van der Waals surface area contributed by atoms with Gasteiger partial charge in [0.15, 0.2) is 5.65 Å². The Balaban J connectivity index is 1.89. The third-order valence-corrected chi connectivity index (χ3v) is 5.45. The molecule has 1 aliphatic heterocycles. The zero-order valence-corrected chi connectivity index (χ0v) is 16.7. The second-order valence-electron chi connectivity index (χ2n) is 7.94. The molecular formula is C22H27N5O. The molecule has 1 saturated heterocycles. The molecular weight excluding hydrogens is 350 g/mol. The minimum Gasteiger partial charge on any atom is -0.337 e. The first kappa shape index (κ1) is 18.6. The Morgan fingerprint density at radius 1 is 1.29 bits per heavy atom. The van der Waals surface area contributed by atoms with Gasteiger partial charge in [-0.3, -0.25) is 4.79 Å². The van der Waals surface area contributed by atoms with Crippen LogP contribution in [-0.2, 0) is 0 Å². The summed E-state index contributed by atoms with van der Waals surface area (Å²) in [5, 5.41) is 5.31. The first-order chi connectivity index (χ1) is 13.5. The quantitative estimate of drug-likeness (QED) is 0.757. The van der Waals surface area contributed by atoms with Gasteiger partial charge in [-0.25, -0.2) is 9.67 Å². The summed E-state index contributed by atoms with van der Waals surface area (Å²) >= 11 is 0. The highest BCUT2D eigenvalue weighted by Crippen LogP contribution is 2.29. The number of hydrogen-bond acceptors (Lipinski definition) is 4. The van der Waals surface area contributed by atoms with E-state index in [1.165, 1.54) is 0 Å². The topological polar surface area (TPSA) is 77.0 Å². The highest BCUT2D eigenvalue weighted by molar-refractivity contribution is 6.06. The lowest BCUT2D eigenvalue weighted by Gasteiger charge is -2.31. The fourth-order valence-corrected chi connectivity index (χ4v) is 3.94. The fourth-order valence-electron chi connectivity index (χ4n) is 3.94. The first-order valence-corrected chi connectivity index (χ1v) is 9.95. The van der Waals surface area contributed by atoms with Gasteiger partial charge in [0, 0.05) is 30.7 Å². The standard InChI is InChI=1S/C22H27N5O/c1-14(2)27-21-19(12-24-27)18(22(28)26-10-6-8-16(23)13-26)11-20(25-21)17-9-5-4-7-15(17)3/h4-5,7,9,11-12,14,16H,6,8,10,13,23H2,1-3H3. The maximum atomic E-state index is 13.4. The number of aromatic nitrogens is 3. The molecule has 1 unspecified atom stereocenters. The van der Waals surface area contributed by atoms with Crippen molar-refractivity contribution in [3.05, 3.63) is 47.7 Å². The first-order valence-electron chi connectivity index (χ1n) is 9.95. The van der Waals surface area contributed by atoms with Crippen molar-refractivity contribution in [1.82, 2.24) is 19.7 Å². The molecule has 2 aromatic heterocycles. The van der Waals surface area contributed by atoms with Gasteiger partial charge in [-0.15, -0.1) is 0 Å². The number of nitrogens with two attached hydrogens (primary N) is 1. The Morgan fingerprint density at radius 2 is 2.07 bits per heavy atom. The summed E-state index contributed by atoms with van der Waals surface area (Å²) in [6.07, 6.45) is 3.67. The third kappa shape index (κ3) is 3.29. The van der Waals surface area contributed by atoms with Crippen LogP contribution in [0.25, 0.3) is 22.3 Å². The monoisotopic (exact) mass is 377 g/mol. The number of amides is 1. The number of rotatable bonds is 3. The summed E-state index contributed by atoms with van der Waals surface area (Å²) in [6.45, 7) is 7.54. The van der Waals surface area contributed by atoms with E-state index >= 15 is 0 Å². The molecule has 0 saturated carbocycles. The molecule has 0 radical (unpaired) electrons. The number of carbonyl (C=O) groups is 1. The molecule has 2 N–H and O–H groups in total. The fraction of sp³-hybridized carbons (Fsp3) is 0.409. The van der Waals surface area contributed by atoms with Crippen LogP contribution in [0, 0.1) is 6.92 Å². The van der Waals surface area contributed by atoms with Crippen LogP contribution in [0.3, 0.4) is 0 Å². The average molecular weight is 377 g/mol. The lowest BCUT2D eigenvalue weighted by molar-refractivity contribution is 0.0711. The number of carbonyl (C=O) groups excluding carboxylic acids is 1. The van der Waals surface area contributed by atoms with Gasteiger partial charge in [-0.05, 0) is 45.2 Å². The number of benzene rings is 1. The maximum absolute atomic E-state index is 13.4. The van der Waals surface area contributed by atoms with Crippen molar-refractivity contribution in [3.8, 4) is 11.3 Å². The summed E-state index contributed by atoms with van der Waals surface area (Å²) in [5.74, 6) is 0.0145. The van der Waals surface area contributed by atoms with Crippen molar-refractivity contribution in [2.75, 3.05) is 13.1 Å². The predicted octanol–water partition coefficient (Wildman–Crippen LogP) is 3.55. The Labute approximate surface area is 165 Å². The smallest absolute Gasteiger partial charge is 0.254 e. The highest BCUT2D eigenvalue weighted by atomic mass is 16.2. The summed E-state index contributed by atoms with van der Waals surface area (Å²) in [5.41, 5.74) is 10.5. The molecule has 1 amide bonds. The van der Waals surface area contributed by atoms with Crippen LogP contribution in [0.1, 0.15) is 48.7 Å². The molecule has 0 bridgehead atoms. The van der Waals surface area contributed by atoms with Crippen LogP contribution in [0.5, 0.6) is 0 Å². The van der Waals surface area contributed by atoms with Gasteiger partial charge in [-0.1, -0.05) is 24.3 Å². The minimum absolute atomic E-state index is 0.0145. The number of fused-ring (bicyclic) bond motifs is 1. The van der Waals surface area contributed by atoms with Gasteiger partial charge >= 0.3 is 0 Å². The summed E-state index contributed by atoms with van der Waals surface area (Å²) in [4.78, 5) is 20.2. The summed E-state index contributed by atoms with van der Waals surface area (Å²) in [6, 6.07) is 10.2. The molecule has 6 heteroatoms. The maximum Gasteiger partial charge on any atom is 0.254 e. The minimum atomic E-state index is 0.0145. The number of aryl methyl sites for hydroxylation is 1. The number of likely N-dealkylation sites (tertiary alicyclic amines) is 1. The molecule has 1 atom stereocenters. The van der Waals surface area contributed by atoms with Crippen LogP contribution < -0.4 is 5.73 Å². The molecule has 146 valence electrons. The van der Waals surface area contributed by atoms with E-state index < -0.39 is 0 Å². The van der Waals surface area contributed by atoms with E-state index in [9.17, 15) is 4.79 Å².